The smallest absolute Gasteiger partial charge is 0.484 e. The Hall–Kier alpha value is -3.55. The number of hydrogen-bond donors (Lipinski definition) is 1. The Balaban J connectivity index is 1.38. The van der Waals surface area contributed by atoms with Crippen LogP contribution in [0.5, 0.6) is 11.5 Å². The molecule has 0 bridgehead atoms. The minimum Gasteiger partial charge on any atom is -0.484 e. The maximum atomic E-state index is 12.5. The molecule has 8 heteroatoms. The summed E-state index contributed by atoms with van der Waals surface area (Å²) in [5.41, 5.74) is 2.65. The van der Waals surface area contributed by atoms with Crippen LogP contribution >= 0.6 is 0 Å². The van der Waals surface area contributed by atoms with E-state index < -0.39 is 6.16 Å². The van der Waals surface area contributed by atoms with E-state index in [4.69, 9.17) is 14.2 Å². The van der Waals surface area contributed by atoms with E-state index in [0.717, 1.165) is 29.7 Å². The van der Waals surface area contributed by atoms with E-state index >= 15 is 0 Å². The molecule has 1 aliphatic rings. The number of aryl methyl sites for hydroxylation is 2. The summed E-state index contributed by atoms with van der Waals surface area (Å²) in [6, 6.07) is 12.2. The number of nitrogens with one attached hydrogen (secondary N) is 1. The number of benzene rings is 2. The van der Waals surface area contributed by atoms with Crippen molar-refractivity contribution in [2.45, 2.75) is 33.6 Å². The molecule has 0 unspecified atom stereocenters. The Labute approximate surface area is 200 Å². The maximum Gasteiger partial charge on any atom is 0.513 e. The van der Waals surface area contributed by atoms with Gasteiger partial charge in [0.2, 0.25) is 0 Å². The molecule has 1 heterocycles. The lowest BCUT2D eigenvalue weighted by Gasteiger charge is -2.32. The van der Waals surface area contributed by atoms with Gasteiger partial charge in [-0.3, -0.25) is 9.59 Å². The topological polar surface area (TPSA) is 94.2 Å². The molecule has 1 N–H and O–H groups in total. The monoisotopic (exact) mass is 468 g/mol. The molecule has 0 radical (unpaired) electrons. The van der Waals surface area contributed by atoms with E-state index in [-0.39, 0.29) is 25.0 Å². The average Bonchev–Trinajstić information content (AvgIpc) is 2.82. The predicted octanol–water partition coefficient (Wildman–Crippen LogP) is 3.89. The molecule has 0 aliphatic carbocycles. The molecule has 0 atom stereocenters. The second kappa shape index (κ2) is 12.1. The van der Waals surface area contributed by atoms with Gasteiger partial charge in [-0.2, -0.15) is 0 Å². The minimum atomic E-state index is -0.777. The molecule has 2 aromatic carbocycles. The number of carbonyl (C=O) groups is 3. The Morgan fingerprint density at radius 1 is 1.03 bits per heavy atom. The van der Waals surface area contributed by atoms with Gasteiger partial charge in [-0.25, -0.2) is 4.79 Å². The summed E-state index contributed by atoms with van der Waals surface area (Å²) >= 11 is 0. The molecule has 182 valence electrons. The molecule has 0 spiro atoms. The summed E-state index contributed by atoms with van der Waals surface area (Å²) in [6.07, 6.45) is 0.866. The number of hydrogen-bond acceptors (Lipinski definition) is 6. The van der Waals surface area contributed by atoms with Crippen molar-refractivity contribution >= 4 is 18.0 Å². The Kier molecular flexibility index (Phi) is 8.90. The lowest BCUT2D eigenvalue weighted by Crippen LogP contribution is -2.43. The fourth-order valence-corrected chi connectivity index (χ4v) is 3.84. The quantitative estimate of drug-likeness (QED) is 0.467. The first-order chi connectivity index (χ1) is 16.4. The lowest BCUT2D eigenvalue weighted by atomic mass is 9.96. The van der Waals surface area contributed by atoms with Gasteiger partial charge in [-0.15, -0.1) is 0 Å². The van der Waals surface area contributed by atoms with Gasteiger partial charge >= 0.3 is 6.16 Å². The first-order valence-electron chi connectivity index (χ1n) is 11.6. The van der Waals surface area contributed by atoms with Crippen LogP contribution in [0.3, 0.4) is 0 Å². The van der Waals surface area contributed by atoms with Crippen LogP contribution < -0.4 is 14.8 Å². The molecule has 1 saturated heterocycles. The fraction of sp³-hybridized carbons (Fsp3) is 0.423. The molecular formula is C26H32N2O6. The van der Waals surface area contributed by atoms with E-state index in [2.05, 4.69) is 5.32 Å². The molecule has 1 fully saturated rings. The van der Waals surface area contributed by atoms with Crippen LogP contribution in [0.4, 0.5) is 4.79 Å². The SMILES string of the molecule is CCOC(=O)Oc1ccc(C(=O)NCC2CCN(C(=O)COc3ccc(C)cc3C)CC2)cc1. The van der Waals surface area contributed by atoms with E-state index in [9.17, 15) is 14.4 Å². The highest BCUT2D eigenvalue weighted by Gasteiger charge is 2.23. The van der Waals surface area contributed by atoms with Crippen molar-refractivity contribution in [2.24, 2.45) is 5.92 Å². The Morgan fingerprint density at radius 3 is 2.38 bits per heavy atom. The van der Waals surface area contributed by atoms with Crippen LogP contribution in [0.1, 0.15) is 41.3 Å². The van der Waals surface area contributed by atoms with E-state index in [0.29, 0.717) is 36.9 Å². The highest BCUT2D eigenvalue weighted by atomic mass is 16.7. The van der Waals surface area contributed by atoms with Gasteiger partial charge in [0.25, 0.3) is 11.8 Å². The number of rotatable bonds is 8. The largest absolute Gasteiger partial charge is 0.513 e. The van der Waals surface area contributed by atoms with Gasteiger partial charge in [0.05, 0.1) is 6.61 Å². The molecule has 2 aromatic rings. The van der Waals surface area contributed by atoms with Crippen molar-refractivity contribution in [3.8, 4) is 11.5 Å². The third kappa shape index (κ3) is 7.23. The number of ether oxygens (including phenoxy) is 3. The Bertz CT molecular complexity index is 997. The first kappa shape index (κ1) is 25.1. The molecule has 3 rings (SSSR count). The van der Waals surface area contributed by atoms with Gasteiger partial charge in [0.1, 0.15) is 11.5 Å². The molecule has 2 amide bonds. The maximum absolute atomic E-state index is 12.5. The van der Waals surface area contributed by atoms with Crippen LogP contribution in [0.2, 0.25) is 0 Å². The fourth-order valence-electron chi connectivity index (χ4n) is 3.84. The number of carbonyl (C=O) groups excluding carboxylic acids is 3. The molecule has 1 aliphatic heterocycles. The van der Waals surface area contributed by atoms with E-state index in [1.54, 1.807) is 31.2 Å². The van der Waals surface area contributed by atoms with Crippen molar-refractivity contribution in [3.05, 3.63) is 59.2 Å². The van der Waals surface area contributed by atoms with Crippen molar-refractivity contribution in [1.29, 1.82) is 0 Å². The summed E-state index contributed by atoms with van der Waals surface area (Å²) in [7, 11) is 0. The highest BCUT2D eigenvalue weighted by molar-refractivity contribution is 5.94. The standard InChI is InChI=1S/C26H32N2O6/c1-4-32-26(31)34-22-8-6-21(7-9-22)25(30)27-16-20-11-13-28(14-12-20)24(29)17-33-23-10-5-18(2)15-19(23)3/h5-10,15,20H,4,11-14,16-17H2,1-3H3,(H,27,30). The number of piperidine rings is 1. The molecule has 0 aromatic heterocycles. The normalized spacial score (nSPS) is 13.8. The zero-order valence-corrected chi connectivity index (χ0v) is 20.0. The molecule has 8 nitrogen and oxygen atoms in total. The highest BCUT2D eigenvalue weighted by Crippen LogP contribution is 2.20. The van der Waals surface area contributed by atoms with Gasteiger partial charge in [0.15, 0.2) is 6.61 Å². The van der Waals surface area contributed by atoms with Crippen molar-refractivity contribution < 1.29 is 28.6 Å². The van der Waals surface area contributed by atoms with E-state index in [1.807, 2.05) is 36.9 Å². The zero-order chi connectivity index (χ0) is 24.5. The lowest BCUT2D eigenvalue weighted by molar-refractivity contribution is -0.134. The van der Waals surface area contributed by atoms with Crippen molar-refractivity contribution in [3.63, 3.8) is 0 Å². The van der Waals surface area contributed by atoms with Gasteiger partial charge < -0.3 is 24.4 Å². The third-order valence-corrected chi connectivity index (χ3v) is 5.78. The summed E-state index contributed by atoms with van der Waals surface area (Å²) in [5.74, 6) is 1.14. The minimum absolute atomic E-state index is 0.0208. The van der Waals surface area contributed by atoms with Crippen LogP contribution in [0, 0.1) is 19.8 Å². The van der Waals surface area contributed by atoms with Crippen molar-refractivity contribution in [2.75, 3.05) is 32.8 Å². The number of nitrogens with zero attached hydrogens (tertiary/aromatic N) is 1. The zero-order valence-electron chi connectivity index (χ0n) is 20.0. The third-order valence-electron chi connectivity index (χ3n) is 5.78. The predicted molar refractivity (Wildman–Crippen MR) is 127 cm³/mol. The number of amides is 2. The Morgan fingerprint density at radius 2 is 1.74 bits per heavy atom. The average molecular weight is 469 g/mol. The first-order valence-corrected chi connectivity index (χ1v) is 11.6. The van der Waals surface area contributed by atoms with Crippen LogP contribution in [0.25, 0.3) is 0 Å². The van der Waals surface area contributed by atoms with Gasteiger partial charge in [-0.05, 0) is 75.4 Å². The van der Waals surface area contributed by atoms with Crippen LogP contribution in [-0.4, -0.2) is 55.7 Å². The molecule has 34 heavy (non-hydrogen) atoms. The summed E-state index contributed by atoms with van der Waals surface area (Å²) in [5, 5.41) is 2.95. The van der Waals surface area contributed by atoms with Gasteiger partial charge in [0, 0.05) is 25.2 Å². The number of likely N-dealkylation sites (tertiary alicyclic amines) is 1. The van der Waals surface area contributed by atoms with Gasteiger partial charge in [-0.1, -0.05) is 17.7 Å². The summed E-state index contributed by atoms with van der Waals surface area (Å²) in [6.45, 7) is 7.78. The molecular weight excluding hydrogens is 436 g/mol. The second-order valence-corrected chi connectivity index (χ2v) is 8.40. The summed E-state index contributed by atoms with van der Waals surface area (Å²) in [4.78, 5) is 38.1. The van der Waals surface area contributed by atoms with Crippen LogP contribution in [0.15, 0.2) is 42.5 Å². The van der Waals surface area contributed by atoms with E-state index in [1.165, 1.54) is 0 Å². The van der Waals surface area contributed by atoms with Crippen molar-refractivity contribution in [1.82, 2.24) is 10.2 Å². The summed E-state index contributed by atoms with van der Waals surface area (Å²) < 4.78 is 15.4. The van der Waals surface area contributed by atoms with Crippen LogP contribution in [-0.2, 0) is 9.53 Å². The second-order valence-electron chi connectivity index (χ2n) is 8.40. The molecule has 0 saturated carbocycles.